The fourth-order valence-electron chi connectivity index (χ4n) is 1.32. The van der Waals surface area contributed by atoms with Crippen LogP contribution in [-0.4, -0.2) is 24.7 Å². The molecule has 1 atom stereocenters. The molecule has 1 fully saturated rings. The predicted molar refractivity (Wildman–Crippen MR) is 40.1 cm³/mol. The van der Waals surface area contributed by atoms with Gasteiger partial charge in [-0.25, -0.2) is 0 Å². The van der Waals surface area contributed by atoms with Crippen LogP contribution >= 0.6 is 0 Å². The van der Waals surface area contributed by atoms with Crippen LogP contribution in [0.15, 0.2) is 10.6 Å². The van der Waals surface area contributed by atoms with Crippen molar-refractivity contribution in [2.45, 2.75) is 12.3 Å². The normalized spacial score (nSPS) is 22.8. The van der Waals surface area contributed by atoms with Gasteiger partial charge in [0.1, 0.15) is 0 Å². The Bertz CT molecular complexity index is 276. The van der Waals surface area contributed by atoms with Gasteiger partial charge in [0.05, 0.1) is 12.3 Å². The second-order valence-corrected chi connectivity index (χ2v) is 2.83. The van der Waals surface area contributed by atoms with Crippen molar-refractivity contribution in [3.8, 4) is 0 Å². The number of ether oxygens (including phenoxy) is 1. The summed E-state index contributed by atoms with van der Waals surface area (Å²) >= 11 is 0. The Balaban J connectivity index is 2.16. The highest BCUT2D eigenvalue weighted by atomic mass is 16.5. The molecule has 0 radical (unpaired) electrons. The molecule has 1 aromatic rings. The number of rotatable bonds is 2. The highest BCUT2D eigenvalue weighted by molar-refractivity contribution is 5.70. The van der Waals surface area contributed by atoms with Crippen molar-refractivity contribution < 1.29 is 14.1 Å². The van der Waals surface area contributed by atoms with E-state index in [9.17, 15) is 4.79 Å². The van der Waals surface area contributed by atoms with Crippen LogP contribution in [0.4, 0.5) is 0 Å². The number of nitrogens with zero attached hydrogens (tertiary/aromatic N) is 1. The van der Waals surface area contributed by atoms with E-state index in [1.807, 2.05) is 0 Å². The molecule has 0 amide bonds. The molecule has 1 aromatic heterocycles. The van der Waals surface area contributed by atoms with Gasteiger partial charge in [0.25, 0.3) is 0 Å². The van der Waals surface area contributed by atoms with Crippen molar-refractivity contribution in [1.29, 1.82) is 0 Å². The Kier molecular flexibility index (Phi) is 1.91. The standard InChI is InChI=1S/C8H9NO3/c10-4-7-3-8(9-12-7)6-1-2-11-5-6/h3-4,6H,1-2,5H2. The summed E-state index contributed by atoms with van der Waals surface area (Å²) in [5.74, 6) is 0.597. The van der Waals surface area contributed by atoms with Crippen LogP contribution < -0.4 is 0 Å². The van der Waals surface area contributed by atoms with Gasteiger partial charge in [-0.05, 0) is 6.42 Å². The fraction of sp³-hybridized carbons (Fsp3) is 0.500. The molecule has 64 valence electrons. The molecule has 0 saturated carbocycles. The quantitative estimate of drug-likeness (QED) is 0.616. The minimum Gasteiger partial charge on any atom is -0.381 e. The van der Waals surface area contributed by atoms with Gasteiger partial charge in [-0.1, -0.05) is 5.16 Å². The summed E-state index contributed by atoms with van der Waals surface area (Å²) < 4.78 is 9.94. The summed E-state index contributed by atoms with van der Waals surface area (Å²) in [5.41, 5.74) is 0.828. The fourth-order valence-corrected chi connectivity index (χ4v) is 1.32. The molecule has 1 aliphatic heterocycles. The first kappa shape index (κ1) is 7.49. The summed E-state index contributed by atoms with van der Waals surface area (Å²) in [5, 5.41) is 3.78. The maximum absolute atomic E-state index is 10.3. The number of hydrogen-bond donors (Lipinski definition) is 0. The third-order valence-corrected chi connectivity index (χ3v) is 2.01. The van der Waals surface area contributed by atoms with E-state index in [0.717, 1.165) is 18.7 Å². The lowest BCUT2D eigenvalue weighted by molar-refractivity contribution is 0.109. The molecule has 1 aliphatic rings. The van der Waals surface area contributed by atoms with Crippen LogP contribution in [0.25, 0.3) is 0 Å². The Morgan fingerprint density at radius 3 is 3.17 bits per heavy atom. The van der Waals surface area contributed by atoms with Crippen LogP contribution in [0.3, 0.4) is 0 Å². The van der Waals surface area contributed by atoms with Crippen molar-refractivity contribution in [2.24, 2.45) is 0 Å². The van der Waals surface area contributed by atoms with Crippen molar-refractivity contribution in [2.75, 3.05) is 13.2 Å². The lowest BCUT2D eigenvalue weighted by Gasteiger charge is -1.98. The van der Waals surface area contributed by atoms with E-state index in [4.69, 9.17) is 9.26 Å². The molecule has 0 aromatic carbocycles. The van der Waals surface area contributed by atoms with Crippen molar-refractivity contribution in [3.05, 3.63) is 17.5 Å². The Morgan fingerprint density at radius 2 is 2.58 bits per heavy atom. The lowest BCUT2D eigenvalue weighted by Crippen LogP contribution is -1.96. The SMILES string of the molecule is O=Cc1cc(C2CCOC2)no1. The average molecular weight is 167 g/mol. The summed E-state index contributed by atoms with van der Waals surface area (Å²) in [6.07, 6.45) is 1.62. The topological polar surface area (TPSA) is 52.3 Å². The van der Waals surface area contributed by atoms with Gasteiger partial charge in [-0.2, -0.15) is 0 Å². The van der Waals surface area contributed by atoms with Gasteiger partial charge in [-0.3, -0.25) is 4.79 Å². The largest absolute Gasteiger partial charge is 0.381 e. The van der Waals surface area contributed by atoms with Crippen LogP contribution in [0.1, 0.15) is 28.6 Å². The maximum Gasteiger partial charge on any atom is 0.199 e. The highest BCUT2D eigenvalue weighted by Crippen LogP contribution is 2.23. The molecule has 4 nitrogen and oxygen atoms in total. The van der Waals surface area contributed by atoms with E-state index in [2.05, 4.69) is 5.16 Å². The van der Waals surface area contributed by atoms with Gasteiger partial charge in [0.15, 0.2) is 12.0 Å². The molecule has 2 heterocycles. The second kappa shape index (κ2) is 3.06. The van der Waals surface area contributed by atoms with E-state index < -0.39 is 0 Å². The first-order valence-electron chi connectivity index (χ1n) is 3.89. The molecule has 0 N–H and O–H groups in total. The molecule has 12 heavy (non-hydrogen) atoms. The Morgan fingerprint density at radius 1 is 1.67 bits per heavy atom. The molecule has 0 aliphatic carbocycles. The number of carbonyl (C=O) groups excluding carboxylic acids is 1. The number of aromatic nitrogens is 1. The molecular weight excluding hydrogens is 158 g/mol. The van der Waals surface area contributed by atoms with E-state index in [1.54, 1.807) is 6.07 Å². The maximum atomic E-state index is 10.3. The van der Waals surface area contributed by atoms with Crippen LogP contribution in [0, 0.1) is 0 Å². The minimum absolute atomic E-state index is 0.289. The zero-order valence-electron chi connectivity index (χ0n) is 6.53. The average Bonchev–Trinajstić information content (AvgIpc) is 2.75. The number of aldehydes is 1. The number of carbonyl (C=O) groups is 1. The van der Waals surface area contributed by atoms with Gasteiger partial charge in [0.2, 0.25) is 0 Å². The van der Waals surface area contributed by atoms with E-state index in [0.29, 0.717) is 18.8 Å². The number of hydrogen-bond acceptors (Lipinski definition) is 4. The zero-order chi connectivity index (χ0) is 8.39. The smallest absolute Gasteiger partial charge is 0.199 e. The predicted octanol–water partition coefficient (Wildman–Crippen LogP) is 0.991. The Labute approximate surface area is 69.5 Å². The highest BCUT2D eigenvalue weighted by Gasteiger charge is 2.21. The first-order chi connectivity index (χ1) is 5.90. The van der Waals surface area contributed by atoms with Crippen LogP contribution in [0.2, 0.25) is 0 Å². The zero-order valence-corrected chi connectivity index (χ0v) is 6.53. The molecule has 1 saturated heterocycles. The summed E-state index contributed by atoms with van der Waals surface area (Å²) in [6.45, 7) is 1.46. The lowest BCUT2D eigenvalue weighted by atomic mass is 10.1. The Hall–Kier alpha value is -1.16. The molecule has 2 rings (SSSR count). The summed E-state index contributed by atoms with van der Waals surface area (Å²) in [4.78, 5) is 10.3. The van der Waals surface area contributed by atoms with Gasteiger partial charge in [0, 0.05) is 18.6 Å². The third-order valence-electron chi connectivity index (χ3n) is 2.01. The molecular formula is C8H9NO3. The van der Waals surface area contributed by atoms with Gasteiger partial charge < -0.3 is 9.26 Å². The molecule has 0 spiro atoms. The van der Waals surface area contributed by atoms with E-state index in [1.165, 1.54) is 0 Å². The minimum atomic E-state index is 0.289. The van der Waals surface area contributed by atoms with E-state index in [-0.39, 0.29) is 5.76 Å². The monoisotopic (exact) mass is 167 g/mol. The van der Waals surface area contributed by atoms with Crippen LogP contribution in [0.5, 0.6) is 0 Å². The van der Waals surface area contributed by atoms with Crippen LogP contribution in [-0.2, 0) is 4.74 Å². The first-order valence-corrected chi connectivity index (χ1v) is 3.89. The van der Waals surface area contributed by atoms with Crippen molar-refractivity contribution >= 4 is 6.29 Å². The van der Waals surface area contributed by atoms with E-state index >= 15 is 0 Å². The third kappa shape index (κ3) is 1.25. The summed E-state index contributed by atoms with van der Waals surface area (Å²) in [7, 11) is 0. The van der Waals surface area contributed by atoms with Gasteiger partial charge >= 0.3 is 0 Å². The second-order valence-electron chi connectivity index (χ2n) is 2.83. The molecule has 0 bridgehead atoms. The molecule has 1 unspecified atom stereocenters. The van der Waals surface area contributed by atoms with Gasteiger partial charge in [-0.15, -0.1) is 0 Å². The molecule has 4 heteroatoms. The van der Waals surface area contributed by atoms with Crippen molar-refractivity contribution in [3.63, 3.8) is 0 Å². The summed E-state index contributed by atoms with van der Waals surface area (Å²) in [6, 6.07) is 1.67. The van der Waals surface area contributed by atoms with Crippen molar-refractivity contribution in [1.82, 2.24) is 5.16 Å².